The molecule has 4 N–H and O–H groups in total. The summed E-state index contributed by atoms with van der Waals surface area (Å²) in [5, 5.41) is 11.2. The van der Waals surface area contributed by atoms with E-state index in [2.05, 4.69) is 5.32 Å². The Hall–Kier alpha value is -1.10. The molecule has 2 atom stereocenters. The van der Waals surface area contributed by atoms with Gasteiger partial charge in [-0.2, -0.15) is 0 Å². The molecule has 1 amide bonds. The van der Waals surface area contributed by atoms with Crippen LogP contribution in [0, 0.1) is 5.92 Å². The maximum atomic E-state index is 11.4. The summed E-state index contributed by atoms with van der Waals surface area (Å²) in [6.45, 7) is 4.13. The molecule has 0 saturated carbocycles. The van der Waals surface area contributed by atoms with Crippen LogP contribution in [0.1, 0.15) is 33.1 Å². The molecule has 0 rings (SSSR count). The summed E-state index contributed by atoms with van der Waals surface area (Å²) in [4.78, 5) is 22.1. The summed E-state index contributed by atoms with van der Waals surface area (Å²) >= 11 is 0. The van der Waals surface area contributed by atoms with E-state index >= 15 is 0 Å². The first kappa shape index (κ1) is 13.9. The zero-order valence-corrected chi connectivity index (χ0v) is 9.32. The van der Waals surface area contributed by atoms with Crippen molar-refractivity contribution in [2.24, 2.45) is 11.7 Å². The van der Waals surface area contributed by atoms with E-state index < -0.39 is 12.0 Å². The molecule has 0 aromatic heterocycles. The third kappa shape index (κ3) is 5.37. The lowest BCUT2D eigenvalue weighted by atomic mass is 10.0. The Bertz CT molecular complexity index is 215. The monoisotopic (exact) mass is 216 g/mol. The average molecular weight is 216 g/mol. The lowest BCUT2D eigenvalue weighted by Crippen LogP contribution is -2.41. The van der Waals surface area contributed by atoms with Crippen LogP contribution >= 0.6 is 0 Å². The molecule has 0 aliphatic carbocycles. The first-order chi connectivity index (χ1) is 7.04. The van der Waals surface area contributed by atoms with Crippen LogP contribution in [0.25, 0.3) is 0 Å². The van der Waals surface area contributed by atoms with Crippen molar-refractivity contribution in [3.05, 3.63) is 0 Å². The highest BCUT2D eigenvalue weighted by Crippen LogP contribution is 2.06. The summed E-state index contributed by atoms with van der Waals surface area (Å²) in [7, 11) is 0. The van der Waals surface area contributed by atoms with Gasteiger partial charge in [-0.3, -0.25) is 4.79 Å². The highest BCUT2D eigenvalue weighted by molar-refractivity contribution is 5.83. The van der Waals surface area contributed by atoms with Crippen LogP contribution in [0.4, 0.5) is 0 Å². The molecular weight excluding hydrogens is 196 g/mol. The second kappa shape index (κ2) is 7.23. The van der Waals surface area contributed by atoms with E-state index in [4.69, 9.17) is 10.8 Å². The van der Waals surface area contributed by atoms with Crippen molar-refractivity contribution in [3.8, 4) is 0 Å². The minimum atomic E-state index is -0.994. The van der Waals surface area contributed by atoms with Crippen molar-refractivity contribution in [2.75, 3.05) is 6.54 Å². The summed E-state index contributed by atoms with van der Waals surface area (Å²) < 4.78 is 0. The third-order valence-corrected chi connectivity index (χ3v) is 2.43. The van der Waals surface area contributed by atoms with Gasteiger partial charge in [0.15, 0.2) is 0 Å². The minimum absolute atomic E-state index is 0.135. The molecule has 0 heterocycles. The van der Waals surface area contributed by atoms with Gasteiger partial charge in [-0.15, -0.1) is 0 Å². The fraction of sp³-hybridized carbons (Fsp3) is 0.800. The lowest BCUT2D eigenvalue weighted by molar-refractivity contribution is -0.142. The van der Waals surface area contributed by atoms with Gasteiger partial charge in [0.05, 0.1) is 0 Å². The predicted molar refractivity (Wildman–Crippen MR) is 57.3 cm³/mol. The number of amides is 1. The molecule has 2 unspecified atom stereocenters. The van der Waals surface area contributed by atoms with Gasteiger partial charge in [-0.1, -0.05) is 20.3 Å². The molecule has 0 aliphatic heterocycles. The first-order valence-electron chi connectivity index (χ1n) is 5.27. The molecule has 5 nitrogen and oxygen atoms in total. The highest BCUT2D eigenvalue weighted by atomic mass is 16.4. The lowest BCUT2D eigenvalue weighted by Gasteiger charge is -2.15. The van der Waals surface area contributed by atoms with Gasteiger partial charge in [0.25, 0.3) is 0 Å². The molecule has 5 heteroatoms. The topological polar surface area (TPSA) is 92.4 Å². The number of hydrogen-bond donors (Lipinski definition) is 3. The van der Waals surface area contributed by atoms with Crippen LogP contribution in [-0.2, 0) is 9.59 Å². The number of hydrogen-bond acceptors (Lipinski definition) is 3. The quantitative estimate of drug-likeness (QED) is 0.572. The van der Waals surface area contributed by atoms with Crippen LogP contribution in [0.2, 0.25) is 0 Å². The molecule has 0 aromatic carbocycles. The molecule has 0 aliphatic rings. The zero-order chi connectivity index (χ0) is 11.8. The fourth-order valence-electron chi connectivity index (χ4n) is 1.25. The SMILES string of the molecule is CCC(CN)CC(=O)NC(CC)C(=O)O. The van der Waals surface area contributed by atoms with Gasteiger partial charge in [0, 0.05) is 6.42 Å². The second-order valence-corrected chi connectivity index (χ2v) is 3.58. The normalized spacial score (nSPS) is 14.3. The van der Waals surface area contributed by atoms with Crippen molar-refractivity contribution < 1.29 is 14.7 Å². The molecule has 0 bridgehead atoms. The molecule has 88 valence electrons. The third-order valence-electron chi connectivity index (χ3n) is 2.43. The van der Waals surface area contributed by atoms with Gasteiger partial charge in [-0.25, -0.2) is 4.79 Å². The molecule has 15 heavy (non-hydrogen) atoms. The van der Waals surface area contributed by atoms with Crippen molar-refractivity contribution in [2.45, 2.75) is 39.2 Å². The van der Waals surface area contributed by atoms with E-state index in [1.165, 1.54) is 0 Å². The molecule has 0 fully saturated rings. The van der Waals surface area contributed by atoms with E-state index in [1.807, 2.05) is 6.92 Å². The number of nitrogens with one attached hydrogen (secondary N) is 1. The number of rotatable bonds is 7. The van der Waals surface area contributed by atoms with E-state index in [0.717, 1.165) is 6.42 Å². The summed E-state index contributed by atoms with van der Waals surface area (Å²) in [6.07, 6.45) is 1.52. The van der Waals surface area contributed by atoms with E-state index in [1.54, 1.807) is 6.92 Å². The van der Waals surface area contributed by atoms with E-state index in [0.29, 0.717) is 19.4 Å². The van der Waals surface area contributed by atoms with Crippen molar-refractivity contribution in [1.82, 2.24) is 5.32 Å². The van der Waals surface area contributed by atoms with Gasteiger partial charge < -0.3 is 16.2 Å². The molecule has 0 radical (unpaired) electrons. The maximum Gasteiger partial charge on any atom is 0.326 e. The number of carbonyl (C=O) groups is 2. The Morgan fingerprint density at radius 2 is 1.93 bits per heavy atom. The Kier molecular flexibility index (Phi) is 6.70. The second-order valence-electron chi connectivity index (χ2n) is 3.58. The Labute approximate surface area is 90.0 Å². The number of aliphatic carboxylic acids is 1. The fourth-order valence-corrected chi connectivity index (χ4v) is 1.25. The number of carboxylic acid groups (broad SMARTS) is 1. The summed E-state index contributed by atoms with van der Waals surface area (Å²) in [5.74, 6) is -1.09. The number of nitrogens with two attached hydrogens (primary N) is 1. The van der Waals surface area contributed by atoms with Crippen LogP contribution in [0.3, 0.4) is 0 Å². The highest BCUT2D eigenvalue weighted by Gasteiger charge is 2.18. The van der Waals surface area contributed by atoms with Crippen LogP contribution in [0.5, 0.6) is 0 Å². The molecule has 0 aromatic rings. The van der Waals surface area contributed by atoms with Crippen LogP contribution in [0.15, 0.2) is 0 Å². The van der Waals surface area contributed by atoms with Gasteiger partial charge in [-0.05, 0) is 18.9 Å². The molecular formula is C10H20N2O3. The smallest absolute Gasteiger partial charge is 0.326 e. The number of carbonyl (C=O) groups excluding carboxylic acids is 1. The molecule has 0 spiro atoms. The van der Waals surface area contributed by atoms with Gasteiger partial charge in [0.2, 0.25) is 5.91 Å². The Balaban J connectivity index is 4.06. The van der Waals surface area contributed by atoms with E-state index in [-0.39, 0.29) is 11.8 Å². The maximum absolute atomic E-state index is 11.4. The van der Waals surface area contributed by atoms with Crippen LogP contribution < -0.4 is 11.1 Å². The van der Waals surface area contributed by atoms with Gasteiger partial charge >= 0.3 is 5.97 Å². The average Bonchev–Trinajstić information content (AvgIpc) is 2.22. The minimum Gasteiger partial charge on any atom is -0.480 e. The summed E-state index contributed by atoms with van der Waals surface area (Å²) in [5.41, 5.74) is 5.46. The molecule has 0 saturated heterocycles. The van der Waals surface area contributed by atoms with E-state index in [9.17, 15) is 9.59 Å². The van der Waals surface area contributed by atoms with Crippen molar-refractivity contribution in [1.29, 1.82) is 0 Å². The number of carboxylic acids is 1. The van der Waals surface area contributed by atoms with Crippen molar-refractivity contribution in [3.63, 3.8) is 0 Å². The summed E-state index contributed by atoms with van der Waals surface area (Å²) in [6, 6.07) is -0.784. The zero-order valence-electron chi connectivity index (χ0n) is 9.32. The Morgan fingerprint density at radius 1 is 1.33 bits per heavy atom. The first-order valence-corrected chi connectivity index (χ1v) is 5.27. The van der Waals surface area contributed by atoms with Gasteiger partial charge in [0.1, 0.15) is 6.04 Å². The van der Waals surface area contributed by atoms with Crippen LogP contribution in [-0.4, -0.2) is 29.6 Å². The largest absolute Gasteiger partial charge is 0.480 e. The Morgan fingerprint density at radius 3 is 2.27 bits per heavy atom. The van der Waals surface area contributed by atoms with Crippen molar-refractivity contribution >= 4 is 11.9 Å². The predicted octanol–water partition coefficient (Wildman–Crippen LogP) is 0.341. The standard InChI is InChI=1S/C10H20N2O3/c1-3-7(6-11)5-9(13)12-8(4-2)10(14)15/h7-8H,3-6,11H2,1-2H3,(H,12,13)(H,14,15).